The maximum absolute atomic E-state index is 13.1. The maximum atomic E-state index is 13.1. The molecule has 1 heterocycles. The summed E-state index contributed by atoms with van der Waals surface area (Å²) in [4.78, 5) is 4.44. The van der Waals surface area contributed by atoms with Gasteiger partial charge in [0.1, 0.15) is 10.8 Å². The molecule has 0 unspecified atom stereocenters. The van der Waals surface area contributed by atoms with Crippen LogP contribution in [-0.2, 0) is 5.88 Å². The van der Waals surface area contributed by atoms with Crippen molar-refractivity contribution in [1.29, 1.82) is 0 Å². The number of hydrogen-bond donors (Lipinski definition) is 0. The third-order valence-electron chi connectivity index (χ3n) is 2.70. The molecule has 3 aromatic rings. The third kappa shape index (κ3) is 2.11. The lowest BCUT2D eigenvalue weighted by Gasteiger charge is -1.97. The molecule has 0 aliphatic heterocycles. The van der Waals surface area contributed by atoms with Gasteiger partial charge in [-0.3, -0.25) is 0 Å². The molecule has 0 fully saturated rings. The molecule has 2 aromatic carbocycles. The first-order valence-electron chi connectivity index (χ1n) is 5.47. The summed E-state index contributed by atoms with van der Waals surface area (Å²) in [7, 11) is 0. The molecule has 0 amide bonds. The molecular formula is C14H9ClFNS. The van der Waals surface area contributed by atoms with Crippen LogP contribution in [0.3, 0.4) is 0 Å². The zero-order valence-electron chi connectivity index (χ0n) is 9.36. The van der Waals surface area contributed by atoms with E-state index >= 15 is 0 Å². The van der Waals surface area contributed by atoms with Crippen molar-refractivity contribution in [2.24, 2.45) is 0 Å². The van der Waals surface area contributed by atoms with Crippen LogP contribution in [0.4, 0.5) is 4.39 Å². The Hall–Kier alpha value is -1.45. The van der Waals surface area contributed by atoms with Crippen molar-refractivity contribution in [3.8, 4) is 10.6 Å². The lowest BCUT2D eigenvalue weighted by molar-refractivity contribution is 0.629. The second-order valence-corrected chi connectivity index (χ2v) is 5.26. The van der Waals surface area contributed by atoms with Crippen molar-refractivity contribution in [3.63, 3.8) is 0 Å². The van der Waals surface area contributed by atoms with Crippen molar-refractivity contribution < 1.29 is 4.39 Å². The van der Waals surface area contributed by atoms with E-state index in [1.165, 1.54) is 12.1 Å². The second-order valence-electron chi connectivity index (χ2n) is 3.96. The van der Waals surface area contributed by atoms with Crippen LogP contribution in [0.1, 0.15) is 5.56 Å². The van der Waals surface area contributed by atoms with E-state index in [2.05, 4.69) is 4.98 Å². The lowest BCUT2D eigenvalue weighted by atomic mass is 10.2. The Morgan fingerprint density at radius 3 is 2.61 bits per heavy atom. The number of alkyl halides is 1. The predicted octanol–water partition coefficient (Wildman–Crippen LogP) is 4.84. The van der Waals surface area contributed by atoms with Gasteiger partial charge in [-0.05, 0) is 17.7 Å². The van der Waals surface area contributed by atoms with Crippen molar-refractivity contribution in [2.45, 2.75) is 5.88 Å². The summed E-state index contributed by atoms with van der Waals surface area (Å²) in [6.07, 6.45) is 0. The van der Waals surface area contributed by atoms with Gasteiger partial charge in [-0.25, -0.2) is 9.37 Å². The maximum Gasteiger partial charge on any atom is 0.125 e. The first kappa shape index (κ1) is 11.6. The lowest BCUT2D eigenvalue weighted by Crippen LogP contribution is -1.79. The molecule has 0 atom stereocenters. The van der Waals surface area contributed by atoms with Gasteiger partial charge in [0.25, 0.3) is 0 Å². The summed E-state index contributed by atoms with van der Waals surface area (Å²) in [6, 6.07) is 12.6. The Morgan fingerprint density at radius 1 is 1.11 bits per heavy atom. The molecule has 0 aliphatic rings. The molecule has 90 valence electrons. The van der Waals surface area contributed by atoms with Gasteiger partial charge in [-0.2, -0.15) is 0 Å². The predicted molar refractivity (Wildman–Crippen MR) is 74.6 cm³/mol. The van der Waals surface area contributed by atoms with Crippen molar-refractivity contribution >= 4 is 33.2 Å². The minimum absolute atomic E-state index is 0.253. The number of nitrogens with zero attached hydrogens (tertiary/aromatic N) is 1. The molecule has 1 aromatic heterocycles. The highest BCUT2D eigenvalue weighted by molar-refractivity contribution is 7.21. The van der Waals surface area contributed by atoms with E-state index in [0.29, 0.717) is 11.4 Å². The summed E-state index contributed by atoms with van der Waals surface area (Å²) in [5, 5.41) is 0.900. The quantitative estimate of drug-likeness (QED) is 0.611. The van der Waals surface area contributed by atoms with Gasteiger partial charge in [-0.1, -0.05) is 24.3 Å². The average molecular weight is 278 g/mol. The van der Waals surface area contributed by atoms with E-state index in [4.69, 9.17) is 11.6 Å². The molecule has 3 rings (SSSR count). The van der Waals surface area contributed by atoms with Gasteiger partial charge in [0, 0.05) is 17.5 Å². The zero-order valence-corrected chi connectivity index (χ0v) is 10.9. The minimum atomic E-state index is -0.253. The van der Waals surface area contributed by atoms with E-state index in [9.17, 15) is 4.39 Å². The van der Waals surface area contributed by atoms with Gasteiger partial charge < -0.3 is 0 Å². The van der Waals surface area contributed by atoms with Crippen LogP contribution < -0.4 is 0 Å². The fourth-order valence-corrected chi connectivity index (χ4v) is 2.89. The molecule has 4 heteroatoms. The normalized spacial score (nSPS) is 11.0. The monoisotopic (exact) mass is 277 g/mol. The molecule has 0 bridgehead atoms. The van der Waals surface area contributed by atoms with Crippen LogP contribution >= 0.6 is 22.9 Å². The van der Waals surface area contributed by atoms with Gasteiger partial charge in [-0.15, -0.1) is 22.9 Å². The highest BCUT2D eigenvalue weighted by Gasteiger charge is 2.06. The molecule has 0 saturated carbocycles. The minimum Gasteiger partial charge on any atom is -0.236 e. The highest BCUT2D eigenvalue weighted by atomic mass is 35.5. The summed E-state index contributed by atoms with van der Waals surface area (Å²) < 4.78 is 14.1. The molecule has 0 N–H and O–H groups in total. The number of aromatic nitrogens is 1. The van der Waals surface area contributed by atoms with Crippen molar-refractivity contribution in [3.05, 3.63) is 53.8 Å². The molecule has 0 aliphatic carbocycles. The summed E-state index contributed by atoms with van der Waals surface area (Å²) in [5.41, 5.74) is 2.81. The Kier molecular flexibility index (Phi) is 3.02. The fourth-order valence-electron chi connectivity index (χ4n) is 1.76. The van der Waals surface area contributed by atoms with Gasteiger partial charge in [0.05, 0.1) is 10.2 Å². The standard InChI is InChI=1S/C14H9ClFNS/c15-8-9-1-3-10(4-2-9)14-17-12-7-11(16)5-6-13(12)18-14/h1-7H,8H2. The summed E-state index contributed by atoms with van der Waals surface area (Å²) in [5.74, 6) is 0.252. The Bertz CT molecular complexity index is 691. The van der Waals surface area contributed by atoms with Crippen LogP contribution in [0.15, 0.2) is 42.5 Å². The van der Waals surface area contributed by atoms with Crippen LogP contribution in [0.5, 0.6) is 0 Å². The number of benzene rings is 2. The number of halogens is 2. The first-order valence-corrected chi connectivity index (χ1v) is 6.83. The molecule has 0 spiro atoms. The number of fused-ring (bicyclic) bond motifs is 1. The van der Waals surface area contributed by atoms with E-state index in [1.54, 1.807) is 17.4 Å². The van der Waals surface area contributed by atoms with E-state index < -0.39 is 0 Å². The summed E-state index contributed by atoms with van der Waals surface area (Å²) in [6.45, 7) is 0. The number of hydrogen-bond acceptors (Lipinski definition) is 2. The SMILES string of the molecule is Fc1ccc2sc(-c3ccc(CCl)cc3)nc2c1. The Labute approximate surface area is 113 Å². The van der Waals surface area contributed by atoms with E-state index in [-0.39, 0.29) is 5.82 Å². The second kappa shape index (κ2) is 4.67. The number of rotatable bonds is 2. The average Bonchev–Trinajstić information content (AvgIpc) is 2.81. The van der Waals surface area contributed by atoms with Crippen LogP contribution in [0, 0.1) is 5.82 Å². The Morgan fingerprint density at radius 2 is 1.89 bits per heavy atom. The largest absolute Gasteiger partial charge is 0.236 e. The molecule has 1 nitrogen and oxygen atoms in total. The summed E-state index contributed by atoms with van der Waals surface area (Å²) >= 11 is 7.31. The van der Waals surface area contributed by atoms with Gasteiger partial charge in [0.2, 0.25) is 0 Å². The first-order chi connectivity index (χ1) is 8.76. The van der Waals surface area contributed by atoms with E-state index in [1.807, 2.05) is 24.3 Å². The molecule has 18 heavy (non-hydrogen) atoms. The van der Waals surface area contributed by atoms with Gasteiger partial charge >= 0.3 is 0 Å². The fraction of sp³-hybridized carbons (Fsp3) is 0.0714. The molecular weight excluding hydrogens is 269 g/mol. The van der Waals surface area contributed by atoms with Crippen molar-refractivity contribution in [1.82, 2.24) is 4.98 Å². The van der Waals surface area contributed by atoms with Crippen LogP contribution in [0.2, 0.25) is 0 Å². The van der Waals surface area contributed by atoms with Gasteiger partial charge in [0.15, 0.2) is 0 Å². The third-order valence-corrected chi connectivity index (χ3v) is 4.10. The molecule has 0 saturated heterocycles. The smallest absolute Gasteiger partial charge is 0.125 e. The van der Waals surface area contributed by atoms with Crippen LogP contribution in [0.25, 0.3) is 20.8 Å². The zero-order chi connectivity index (χ0) is 12.5. The molecule has 0 radical (unpaired) electrons. The van der Waals surface area contributed by atoms with Crippen molar-refractivity contribution in [2.75, 3.05) is 0 Å². The van der Waals surface area contributed by atoms with E-state index in [0.717, 1.165) is 20.8 Å². The Balaban J connectivity index is 2.07. The highest BCUT2D eigenvalue weighted by Crippen LogP contribution is 2.30. The number of thiazole rings is 1. The van der Waals surface area contributed by atoms with Crippen LogP contribution in [-0.4, -0.2) is 4.98 Å². The topological polar surface area (TPSA) is 12.9 Å².